The maximum atomic E-state index is 5.88. The molecule has 0 bridgehead atoms. The summed E-state index contributed by atoms with van der Waals surface area (Å²) < 4.78 is 0.814. The predicted molar refractivity (Wildman–Crippen MR) is 63.5 cm³/mol. The molecule has 1 aromatic heterocycles. The lowest BCUT2D eigenvalue weighted by Crippen LogP contribution is -2.30. The minimum atomic E-state index is 0.201. The molecule has 80 valence electrons. The Balaban J connectivity index is 2.72. The van der Waals surface area contributed by atoms with E-state index in [1.165, 1.54) is 4.88 Å². The van der Waals surface area contributed by atoms with E-state index in [4.69, 9.17) is 17.4 Å². The molecule has 1 aromatic rings. The zero-order valence-corrected chi connectivity index (χ0v) is 10.4. The summed E-state index contributed by atoms with van der Waals surface area (Å²) in [5.41, 5.74) is 3.10. The lowest BCUT2D eigenvalue weighted by atomic mass is 9.88. The minimum Gasteiger partial charge on any atom is -0.271 e. The number of hydrogen-bond donors (Lipinski definition) is 2. The summed E-state index contributed by atoms with van der Waals surface area (Å²) >= 11 is 7.47. The van der Waals surface area contributed by atoms with Gasteiger partial charge in [0.1, 0.15) is 0 Å². The fourth-order valence-corrected chi connectivity index (χ4v) is 2.49. The minimum absolute atomic E-state index is 0.201. The summed E-state index contributed by atoms with van der Waals surface area (Å²) in [7, 11) is 0. The van der Waals surface area contributed by atoms with Gasteiger partial charge < -0.3 is 0 Å². The molecule has 3 N–H and O–H groups in total. The second-order valence-electron chi connectivity index (χ2n) is 4.63. The van der Waals surface area contributed by atoms with E-state index in [1.54, 1.807) is 11.3 Å². The number of hydrogen-bond acceptors (Lipinski definition) is 3. The van der Waals surface area contributed by atoms with Crippen LogP contribution >= 0.6 is 22.9 Å². The van der Waals surface area contributed by atoms with Gasteiger partial charge in [-0.2, -0.15) is 0 Å². The van der Waals surface area contributed by atoms with Crippen LogP contribution in [0.2, 0.25) is 4.34 Å². The first-order valence-electron chi connectivity index (χ1n) is 4.64. The Morgan fingerprint density at radius 3 is 2.50 bits per heavy atom. The Kier molecular flexibility index (Phi) is 3.95. The van der Waals surface area contributed by atoms with E-state index in [0.29, 0.717) is 0 Å². The van der Waals surface area contributed by atoms with Gasteiger partial charge in [0.15, 0.2) is 0 Å². The normalized spacial score (nSPS) is 14.4. The van der Waals surface area contributed by atoms with Gasteiger partial charge in [-0.1, -0.05) is 32.4 Å². The highest BCUT2D eigenvalue weighted by Crippen LogP contribution is 2.33. The Hall–Kier alpha value is -0.0900. The number of nitrogens with one attached hydrogen (secondary N) is 1. The molecule has 0 saturated carbocycles. The average molecular weight is 233 g/mol. The number of halogens is 1. The van der Waals surface area contributed by atoms with Crippen LogP contribution in [-0.4, -0.2) is 0 Å². The summed E-state index contributed by atoms with van der Waals surface area (Å²) in [5.74, 6) is 5.53. The van der Waals surface area contributed by atoms with Crippen molar-refractivity contribution in [3.8, 4) is 0 Å². The van der Waals surface area contributed by atoms with Gasteiger partial charge in [0.25, 0.3) is 0 Å². The van der Waals surface area contributed by atoms with Crippen molar-refractivity contribution in [1.82, 2.24) is 5.43 Å². The molecular weight excluding hydrogens is 216 g/mol. The van der Waals surface area contributed by atoms with Crippen LogP contribution in [0.15, 0.2) is 12.1 Å². The molecule has 14 heavy (non-hydrogen) atoms. The van der Waals surface area contributed by atoms with Gasteiger partial charge in [0, 0.05) is 4.88 Å². The zero-order chi connectivity index (χ0) is 10.8. The van der Waals surface area contributed by atoms with Crippen molar-refractivity contribution in [1.29, 1.82) is 0 Å². The fraction of sp³-hybridized carbons (Fsp3) is 0.600. The molecule has 0 spiro atoms. The molecule has 0 aromatic carbocycles. The van der Waals surface area contributed by atoms with Gasteiger partial charge in [0.05, 0.1) is 10.4 Å². The van der Waals surface area contributed by atoms with E-state index in [2.05, 4.69) is 26.2 Å². The first-order chi connectivity index (χ1) is 6.42. The summed E-state index contributed by atoms with van der Waals surface area (Å²) in [6, 6.07) is 4.14. The molecule has 1 heterocycles. The van der Waals surface area contributed by atoms with Gasteiger partial charge in [0.2, 0.25) is 0 Å². The van der Waals surface area contributed by atoms with E-state index < -0.39 is 0 Å². The third kappa shape index (κ3) is 3.58. The van der Waals surface area contributed by atoms with Crippen molar-refractivity contribution in [2.24, 2.45) is 11.3 Å². The fourth-order valence-electron chi connectivity index (χ4n) is 1.37. The van der Waals surface area contributed by atoms with E-state index in [9.17, 15) is 0 Å². The summed E-state index contributed by atoms with van der Waals surface area (Å²) in [6.45, 7) is 6.60. The first-order valence-corrected chi connectivity index (χ1v) is 5.83. The quantitative estimate of drug-likeness (QED) is 0.620. The molecular formula is C10H17ClN2S. The van der Waals surface area contributed by atoms with Crippen molar-refractivity contribution >= 4 is 22.9 Å². The topological polar surface area (TPSA) is 38.0 Å². The van der Waals surface area contributed by atoms with Crippen LogP contribution in [0.25, 0.3) is 0 Å². The van der Waals surface area contributed by atoms with Crippen LogP contribution in [0, 0.1) is 5.41 Å². The molecule has 0 aliphatic rings. The molecule has 0 fully saturated rings. The highest BCUT2D eigenvalue weighted by molar-refractivity contribution is 7.16. The van der Waals surface area contributed by atoms with E-state index >= 15 is 0 Å². The molecule has 1 atom stereocenters. The lowest BCUT2D eigenvalue weighted by molar-refractivity contribution is 0.316. The molecule has 4 heteroatoms. The van der Waals surface area contributed by atoms with E-state index in [1.807, 2.05) is 12.1 Å². The van der Waals surface area contributed by atoms with Crippen LogP contribution in [0.1, 0.15) is 38.1 Å². The third-order valence-corrected chi connectivity index (χ3v) is 3.30. The molecule has 0 aliphatic heterocycles. The van der Waals surface area contributed by atoms with Crippen LogP contribution < -0.4 is 11.3 Å². The SMILES string of the molecule is CC(C)(C)CC(NN)c1ccc(Cl)s1. The Morgan fingerprint density at radius 1 is 1.50 bits per heavy atom. The van der Waals surface area contributed by atoms with Crippen molar-refractivity contribution < 1.29 is 0 Å². The number of nitrogens with two attached hydrogens (primary N) is 1. The van der Waals surface area contributed by atoms with Crippen LogP contribution in [0.5, 0.6) is 0 Å². The smallest absolute Gasteiger partial charge is 0.0931 e. The van der Waals surface area contributed by atoms with E-state index in [0.717, 1.165) is 10.8 Å². The number of rotatable bonds is 3. The van der Waals surface area contributed by atoms with Gasteiger partial charge in [-0.15, -0.1) is 11.3 Å². The van der Waals surface area contributed by atoms with Crippen LogP contribution in [-0.2, 0) is 0 Å². The maximum Gasteiger partial charge on any atom is 0.0931 e. The molecule has 2 nitrogen and oxygen atoms in total. The van der Waals surface area contributed by atoms with Crippen molar-refractivity contribution in [2.45, 2.75) is 33.2 Å². The van der Waals surface area contributed by atoms with Crippen molar-refractivity contribution in [3.63, 3.8) is 0 Å². The average Bonchev–Trinajstić information content (AvgIpc) is 2.46. The van der Waals surface area contributed by atoms with E-state index in [-0.39, 0.29) is 11.5 Å². The maximum absolute atomic E-state index is 5.88. The van der Waals surface area contributed by atoms with Gasteiger partial charge in [-0.25, -0.2) is 0 Å². The van der Waals surface area contributed by atoms with Gasteiger partial charge in [-0.05, 0) is 24.0 Å². The highest BCUT2D eigenvalue weighted by atomic mass is 35.5. The van der Waals surface area contributed by atoms with Crippen molar-refractivity contribution in [2.75, 3.05) is 0 Å². The second-order valence-corrected chi connectivity index (χ2v) is 6.37. The Morgan fingerprint density at radius 2 is 2.14 bits per heavy atom. The lowest BCUT2D eigenvalue weighted by Gasteiger charge is -2.24. The summed E-state index contributed by atoms with van der Waals surface area (Å²) in [6.07, 6.45) is 1.00. The van der Waals surface area contributed by atoms with Gasteiger partial charge >= 0.3 is 0 Å². The summed E-state index contributed by atoms with van der Waals surface area (Å²) in [5, 5.41) is 0. The number of hydrazine groups is 1. The number of thiophene rings is 1. The second kappa shape index (κ2) is 4.62. The predicted octanol–water partition coefficient (Wildman–Crippen LogP) is 3.34. The highest BCUT2D eigenvalue weighted by Gasteiger charge is 2.20. The van der Waals surface area contributed by atoms with Crippen molar-refractivity contribution in [3.05, 3.63) is 21.3 Å². The standard InChI is InChI=1S/C10H17ClN2S/c1-10(2,3)6-7(13-12)8-4-5-9(11)14-8/h4-5,7,13H,6,12H2,1-3H3. The van der Waals surface area contributed by atoms with Gasteiger partial charge in [-0.3, -0.25) is 11.3 Å². The molecule has 1 rings (SSSR count). The molecule has 0 aliphatic carbocycles. The third-order valence-electron chi connectivity index (χ3n) is 1.96. The largest absolute Gasteiger partial charge is 0.271 e. The first kappa shape index (κ1) is 12.0. The van der Waals surface area contributed by atoms with Crippen LogP contribution in [0.4, 0.5) is 0 Å². The Bertz CT molecular complexity index is 291. The molecule has 0 amide bonds. The molecule has 0 saturated heterocycles. The molecule has 0 radical (unpaired) electrons. The molecule has 1 unspecified atom stereocenters. The Labute approximate surface area is 94.4 Å². The van der Waals surface area contributed by atoms with Crippen LogP contribution in [0.3, 0.4) is 0 Å². The zero-order valence-electron chi connectivity index (χ0n) is 8.80. The monoisotopic (exact) mass is 232 g/mol. The summed E-state index contributed by atoms with van der Waals surface area (Å²) in [4.78, 5) is 1.20.